The number of nitrogens with two attached hydrogens (primary N) is 1. The minimum Gasteiger partial charge on any atom is -0.473 e. The highest BCUT2D eigenvalue weighted by molar-refractivity contribution is 5.84. The second-order valence-corrected chi connectivity index (χ2v) is 5.18. The maximum Gasteiger partial charge on any atom is 0.243 e. The topological polar surface area (TPSA) is 95.1 Å². The number of amides is 1. The Balaban J connectivity index is 2.47. The maximum atomic E-state index is 11.2. The van der Waals surface area contributed by atoms with Crippen molar-refractivity contribution in [3.05, 3.63) is 12.3 Å². The summed E-state index contributed by atoms with van der Waals surface area (Å²) in [6.07, 6.45) is 4.74. The highest BCUT2D eigenvalue weighted by Crippen LogP contribution is 2.27. The van der Waals surface area contributed by atoms with E-state index in [0.29, 0.717) is 17.3 Å². The van der Waals surface area contributed by atoms with Crippen molar-refractivity contribution in [2.75, 3.05) is 12.4 Å². The van der Waals surface area contributed by atoms with Gasteiger partial charge in [-0.05, 0) is 18.9 Å². The Morgan fingerprint density at radius 1 is 1.45 bits per heavy atom. The molecule has 3 N–H and O–H groups in total. The Hall–Kier alpha value is -2.31. The molecule has 7 heteroatoms. The molecule has 22 heavy (non-hydrogen) atoms. The van der Waals surface area contributed by atoms with E-state index in [4.69, 9.17) is 10.5 Å². The summed E-state index contributed by atoms with van der Waals surface area (Å²) >= 11 is 0. The van der Waals surface area contributed by atoms with Gasteiger partial charge in [-0.1, -0.05) is 20.3 Å². The molecular weight excluding hydrogens is 282 g/mol. The summed E-state index contributed by atoms with van der Waals surface area (Å²) in [6, 6.07) is 1.83. The summed E-state index contributed by atoms with van der Waals surface area (Å²) in [5.74, 6) is 0.563. The van der Waals surface area contributed by atoms with Gasteiger partial charge in [-0.15, -0.1) is 0 Å². The van der Waals surface area contributed by atoms with Crippen LogP contribution in [0.15, 0.2) is 12.3 Å². The van der Waals surface area contributed by atoms with Crippen molar-refractivity contribution < 1.29 is 9.53 Å². The molecule has 0 radical (unpaired) electrons. The molecular formula is C15H23N5O2. The van der Waals surface area contributed by atoms with E-state index in [1.165, 1.54) is 0 Å². The molecule has 0 aliphatic rings. The summed E-state index contributed by atoms with van der Waals surface area (Å²) < 4.78 is 7.80. The van der Waals surface area contributed by atoms with Crippen LogP contribution in [0.3, 0.4) is 0 Å². The Bertz CT molecular complexity index is 653. The number of primary amides is 1. The van der Waals surface area contributed by atoms with Crippen molar-refractivity contribution in [3.63, 3.8) is 0 Å². The monoisotopic (exact) mass is 305 g/mol. The second kappa shape index (κ2) is 7.11. The van der Waals surface area contributed by atoms with E-state index in [0.717, 1.165) is 24.8 Å². The molecule has 2 aromatic heterocycles. The lowest BCUT2D eigenvalue weighted by molar-refractivity contribution is -0.118. The Morgan fingerprint density at radius 3 is 2.82 bits per heavy atom. The Kier molecular flexibility index (Phi) is 5.19. The van der Waals surface area contributed by atoms with Crippen molar-refractivity contribution in [2.45, 2.75) is 45.8 Å². The van der Waals surface area contributed by atoms with Gasteiger partial charge in [0.2, 0.25) is 17.7 Å². The van der Waals surface area contributed by atoms with Crippen LogP contribution >= 0.6 is 0 Å². The first-order chi connectivity index (χ1) is 10.6. The van der Waals surface area contributed by atoms with Gasteiger partial charge in [-0.25, -0.2) is 4.98 Å². The summed E-state index contributed by atoms with van der Waals surface area (Å²) in [7, 11) is 1.76. The molecule has 0 bridgehead atoms. The van der Waals surface area contributed by atoms with Crippen LogP contribution in [0.5, 0.6) is 5.88 Å². The third kappa shape index (κ3) is 3.47. The smallest absolute Gasteiger partial charge is 0.243 e. The lowest BCUT2D eigenvalue weighted by Crippen LogP contribution is -2.20. The van der Waals surface area contributed by atoms with Crippen LogP contribution in [0.4, 0.5) is 5.95 Å². The first kappa shape index (κ1) is 16.1. The van der Waals surface area contributed by atoms with E-state index in [1.54, 1.807) is 17.8 Å². The standard InChI is InChI=1S/C15H23N5O2/c1-4-6-10(5-2)22-14-13-11(18-15(17-3)19-14)7-8-20(13)9-12(16)21/h7-8,10H,4-6,9H2,1-3H3,(H2,16,21)(H,17,18,19). The number of nitrogens with one attached hydrogen (secondary N) is 1. The van der Waals surface area contributed by atoms with Crippen LogP contribution in [0, 0.1) is 0 Å². The summed E-state index contributed by atoms with van der Waals surface area (Å²) in [4.78, 5) is 20.0. The zero-order chi connectivity index (χ0) is 16.1. The molecule has 2 heterocycles. The van der Waals surface area contributed by atoms with Gasteiger partial charge in [0, 0.05) is 13.2 Å². The van der Waals surface area contributed by atoms with Crippen molar-refractivity contribution in [1.29, 1.82) is 0 Å². The van der Waals surface area contributed by atoms with Gasteiger partial charge in [0.25, 0.3) is 0 Å². The number of carbonyl (C=O) groups excluding carboxylic acids is 1. The van der Waals surface area contributed by atoms with E-state index >= 15 is 0 Å². The Labute approximate surface area is 129 Å². The van der Waals surface area contributed by atoms with E-state index in [1.807, 2.05) is 6.07 Å². The number of carbonyl (C=O) groups is 1. The summed E-state index contributed by atoms with van der Waals surface area (Å²) in [6.45, 7) is 4.28. The zero-order valence-electron chi connectivity index (χ0n) is 13.3. The van der Waals surface area contributed by atoms with Gasteiger partial charge in [0.1, 0.15) is 18.2 Å². The number of ether oxygens (including phenoxy) is 1. The lowest BCUT2D eigenvalue weighted by atomic mass is 10.1. The molecule has 0 fully saturated rings. The summed E-state index contributed by atoms with van der Waals surface area (Å²) in [5, 5.41) is 2.93. The number of fused-ring (bicyclic) bond motifs is 1. The van der Waals surface area contributed by atoms with Gasteiger partial charge < -0.3 is 20.4 Å². The number of anilines is 1. The van der Waals surface area contributed by atoms with Crippen LogP contribution < -0.4 is 15.8 Å². The maximum absolute atomic E-state index is 11.2. The highest BCUT2D eigenvalue weighted by Gasteiger charge is 2.17. The molecule has 0 aliphatic heterocycles. The first-order valence-electron chi connectivity index (χ1n) is 7.58. The number of rotatable bonds is 8. The fourth-order valence-electron chi connectivity index (χ4n) is 2.39. The largest absolute Gasteiger partial charge is 0.473 e. The van der Waals surface area contributed by atoms with Crippen LogP contribution in [0.25, 0.3) is 11.0 Å². The van der Waals surface area contributed by atoms with E-state index in [2.05, 4.69) is 29.1 Å². The van der Waals surface area contributed by atoms with Crippen LogP contribution in [0.2, 0.25) is 0 Å². The van der Waals surface area contributed by atoms with Crippen molar-refractivity contribution in [2.24, 2.45) is 5.73 Å². The lowest BCUT2D eigenvalue weighted by Gasteiger charge is -2.18. The molecule has 0 saturated heterocycles. The van der Waals surface area contributed by atoms with E-state index in [-0.39, 0.29) is 12.6 Å². The SMILES string of the molecule is CCCC(CC)Oc1nc(NC)nc2ccn(CC(N)=O)c12. The fraction of sp³-hybridized carbons (Fsp3) is 0.533. The third-order valence-corrected chi connectivity index (χ3v) is 3.47. The van der Waals surface area contributed by atoms with Crippen molar-refractivity contribution in [3.8, 4) is 5.88 Å². The molecule has 1 amide bonds. The van der Waals surface area contributed by atoms with Crippen LogP contribution in [-0.2, 0) is 11.3 Å². The Morgan fingerprint density at radius 2 is 2.23 bits per heavy atom. The third-order valence-electron chi connectivity index (χ3n) is 3.47. The highest BCUT2D eigenvalue weighted by atomic mass is 16.5. The zero-order valence-corrected chi connectivity index (χ0v) is 13.3. The van der Waals surface area contributed by atoms with E-state index < -0.39 is 5.91 Å². The molecule has 0 aromatic carbocycles. The molecule has 2 aromatic rings. The van der Waals surface area contributed by atoms with Gasteiger partial charge in [0.05, 0.1) is 5.52 Å². The molecule has 2 rings (SSSR count). The van der Waals surface area contributed by atoms with Crippen LogP contribution in [-0.4, -0.2) is 33.6 Å². The number of hydrogen-bond donors (Lipinski definition) is 2. The average molecular weight is 305 g/mol. The second-order valence-electron chi connectivity index (χ2n) is 5.18. The fourth-order valence-corrected chi connectivity index (χ4v) is 2.39. The predicted molar refractivity (Wildman–Crippen MR) is 85.9 cm³/mol. The van der Waals surface area contributed by atoms with Crippen LogP contribution in [0.1, 0.15) is 33.1 Å². The molecule has 1 unspecified atom stereocenters. The molecule has 0 spiro atoms. The van der Waals surface area contributed by atoms with Gasteiger partial charge in [-0.3, -0.25) is 4.79 Å². The molecule has 0 aliphatic carbocycles. The number of nitrogens with zero attached hydrogens (tertiary/aromatic N) is 3. The molecule has 120 valence electrons. The van der Waals surface area contributed by atoms with Gasteiger partial charge in [0.15, 0.2) is 0 Å². The minimum atomic E-state index is -0.415. The normalized spacial score (nSPS) is 12.3. The van der Waals surface area contributed by atoms with Crippen molar-refractivity contribution in [1.82, 2.24) is 14.5 Å². The quantitative estimate of drug-likeness (QED) is 0.777. The molecule has 1 atom stereocenters. The molecule has 0 saturated carbocycles. The number of hydrogen-bond acceptors (Lipinski definition) is 5. The first-order valence-corrected chi connectivity index (χ1v) is 7.58. The van der Waals surface area contributed by atoms with E-state index in [9.17, 15) is 4.79 Å². The van der Waals surface area contributed by atoms with Gasteiger partial charge >= 0.3 is 0 Å². The number of aromatic nitrogens is 3. The average Bonchev–Trinajstić information content (AvgIpc) is 2.89. The minimum absolute atomic E-state index is 0.0761. The van der Waals surface area contributed by atoms with Crippen molar-refractivity contribution >= 4 is 22.9 Å². The molecule has 7 nitrogen and oxygen atoms in total. The van der Waals surface area contributed by atoms with Gasteiger partial charge in [-0.2, -0.15) is 4.98 Å². The predicted octanol–water partition coefficient (Wildman–Crippen LogP) is 1.92. The summed E-state index contributed by atoms with van der Waals surface area (Å²) in [5.41, 5.74) is 6.73.